The first-order valence-corrected chi connectivity index (χ1v) is 13.6. The summed E-state index contributed by atoms with van der Waals surface area (Å²) in [5.41, 5.74) is 0.883. The van der Waals surface area contributed by atoms with Crippen LogP contribution in [-0.2, 0) is 26.1 Å². The van der Waals surface area contributed by atoms with Gasteiger partial charge in [0, 0.05) is 18.7 Å². The molecule has 0 aliphatic carbocycles. The zero-order valence-corrected chi connectivity index (χ0v) is 21.8. The fourth-order valence-corrected chi connectivity index (χ4v) is 6.07. The Balaban J connectivity index is 2.05. The first-order valence-electron chi connectivity index (χ1n) is 11.4. The SMILES string of the molecule is CCOC(=O)Cn1c(=NC(=O)c2ccc(S(=O)(=O)N(CC)CC)cc2)sc2cccc(OCC)c21. The van der Waals surface area contributed by atoms with Crippen molar-refractivity contribution < 1.29 is 27.5 Å². The summed E-state index contributed by atoms with van der Waals surface area (Å²) in [6, 6.07) is 11.2. The Morgan fingerprint density at radius 3 is 2.29 bits per heavy atom. The molecule has 1 heterocycles. The van der Waals surface area contributed by atoms with Crippen LogP contribution < -0.4 is 9.54 Å². The second-order valence-corrected chi connectivity index (χ2v) is 10.3. The van der Waals surface area contributed by atoms with E-state index in [1.165, 1.54) is 39.9 Å². The molecule has 3 rings (SSSR count). The Hall–Kier alpha value is -3.02. The standard InChI is InChI=1S/C24H29N3O6S2/c1-5-26(6-2)35(30,31)18-14-12-17(13-15-18)23(29)25-24-27(16-21(28)33-8-4)22-19(32-7-3)10-9-11-20(22)34-24/h9-15H,5-8,16H2,1-4H3. The largest absolute Gasteiger partial charge is 0.492 e. The number of para-hydroxylation sites is 1. The zero-order chi connectivity index (χ0) is 25.6. The Bertz CT molecular complexity index is 1370. The molecule has 0 spiro atoms. The maximum atomic E-state index is 13.0. The Morgan fingerprint density at radius 2 is 1.69 bits per heavy atom. The lowest BCUT2D eigenvalue weighted by Gasteiger charge is -2.18. The van der Waals surface area contributed by atoms with Gasteiger partial charge in [-0.25, -0.2) is 8.42 Å². The van der Waals surface area contributed by atoms with Gasteiger partial charge in [0.2, 0.25) is 10.0 Å². The van der Waals surface area contributed by atoms with Crippen molar-refractivity contribution in [1.82, 2.24) is 8.87 Å². The molecule has 0 N–H and O–H groups in total. The predicted octanol–water partition coefficient (Wildman–Crippen LogP) is 3.44. The summed E-state index contributed by atoms with van der Waals surface area (Å²) in [6.45, 7) is 8.35. The monoisotopic (exact) mass is 519 g/mol. The topological polar surface area (TPSA) is 107 Å². The molecular formula is C24H29N3O6S2. The summed E-state index contributed by atoms with van der Waals surface area (Å²) >= 11 is 1.25. The van der Waals surface area contributed by atoms with Crippen LogP contribution in [0.25, 0.3) is 10.2 Å². The number of rotatable bonds is 10. The van der Waals surface area contributed by atoms with Gasteiger partial charge in [0.05, 0.1) is 22.8 Å². The van der Waals surface area contributed by atoms with Crippen molar-refractivity contribution in [3.8, 4) is 5.75 Å². The van der Waals surface area contributed by atoms with Gasteiger partial charge < -0.3 is 14.0 Å². The maximum absolute atomic E-state index is 13.0. The smallest absolute Gasteiger partial charge is 0.326 e. The number of esters is 1. The van der Waals surface area contributed by atoms with E-state index in [-0.39, 0.29) is 23.6 Å². The number of thiazole rings is 1. The van der Waals surface area contributed by atoms with Crippen LogP contribution >= 0.6 is 11.3 Å². The van der Waals surface area contributed by atoms with Crippen LogP contribution in [0.4, 0.5) is 0 Å². The number of nitrogens with zero attached hydrogens (tertiary/aromatic N) is 3. The molecule has 0 aliphatic rings. The van der Waals surface area contributed by atoms with Gasteiger partial charge in [-0.15, -0.1) is 0 Å². The van der Waals surface area contributed by atoms with Crippen LogP contribution in [0.3, 0.4) is 0 Å². The van der Waals surface area contributed by atoms with Crippen LogP contribution in [0.5, 0.6) is 5.75 Å². The van der Waals surface area contributed by atoms with Crippen molar-refractivity contribution >= 4 is 43.5 Å². The first kappa shape index (κ1) is 26.6. The number of hydrogen-bond donors (Lipinski definition) is 0. The van der Waals surface area contributed by atoms with Crippen molar-refractivity contribution in [3.63, 3.8) is 0 Å². The highest BCUT2D eigenvalue weighted by Crippen LogP contribution is 2.28. The minimum atomic E-state index is -3.63. The molecule has 2 aromatic carbocycles. The third-order valence-corrected chi connectivity index (χ3v) is 8.31. The van der Waals surface area contributed by atoms with E-state index in [4.69, 9.17) is 9.47 Å². The second-order valence-electron chi connectivity index (χ2n) is 7.34. The molecule has 1 amide bonds. The van der Waals surface area contributed by atoms with E-state index in [2.05, 4.69) is 4.99 Å². The summed E-state index contributed by atoms with van der Waals surface area (Å²) in [4.78, 5) is 30.0. The number of benzene rings is 2. The Kier molecular flexibility index (Phi) is 8.82. The molecule has 188 valence electrons. The predicted molar refractivity (Wildman–Crippen MR) is 134 cm³/mol. The average Bonchev–Trinajstić information content (AvgIpc) is 3.17. The lowest BCUT2D eigenvalue weighted by Crippen LogP contribution is -2.30. The fraction of sp³-hybridized carbons (Fsp3) is 0.375. The summed E-state index contributed by atoms with van der Waals surface area (Å²) < 4.78 is 40.0. The fourth-order valence-electron chi connectivity index (χ4n) is 3.57. The molecule has 3 aromatic rings. The van der Waals surface area contributed by atoms with Gasteiger partial charge in [-0.05, 0) is 50.2 Å². The molecule has 0 fully saturated rings. The molecular weight excluding hydrogens is 490 g/mol. The lowest BCUT2D eigenvalue weighted by molar-refractivity contribution is -0.143. The van der Waals surface area contributed by atoms with Gasteiger partial charge in [0.25, 0.3) is 5.91 Å². The molecule has 0 saturated heterocycles. The third kappa shape index (κ3) is 5.80. The molecule has 11 heteroatoms. The summed E-state index contributed by atoms with van der Waals surface area (Å²) in [7, 11) is -3.63. The Morgan fingerprint density at radius 1 is 1.00 bits per heavy atom. The minimum Gasteiger partial charge on any atom is -0.492 e. The highest BCUT2D eigenvalue weighted by molar-refractivity contribution is 7.89. The van der Waals surface area contributed by atoms with Gasteiger partial charge in [-0.3, -0.25) is 9.59 Å². The van der Waals surface area contributed by atoms with Crippen molar-refractivity contribution in [3.05, 3.63) is 52.8 Å². The Labute approximate surface area is 208 Å². The molecule has 9 nitrogen and oxygen atoms in total. The van der Waals surface area contributed by atoms with Gasteiger partial charge in [-0.2, -0.15) is 9.30 Å². The van der Waals surface area contributed by atoms with E-state index in [0.29, 0.717) is 35.8 Å². The second kappa shape index (κ2) is 11.6. The molecule has 1 aromatic heterocycles. The number of carbonyl (C=O) groups is 2. The molecule has 0 unspecified atom stereocenters. The van der Waals surface area contributed by atoms with Crippen LogP contribution in [-0.4, -0.2) is 55.5 Å². The van der Waals surface area contributed by atoms with Crippen molar-refractivity contribution in [2.24, 2.45) is 4.99 Å². The quantitative estimate of drug-likeness (QED) is 0.380. The van der Waals surface area contributed by atoms with Crippen molar-refractivity contribution in [2.75, 3.05) is 26.3 Å². The van der Waals surface area contributed by atoms with E-state index >= 15 is 0 Å². The van der Waals surface area contributed by atoms with E-state index in [1.807, 2.05) is 19.1 Å². The molecule has 0 aliphatic heterocycles. The van der Waals surface area contributed by atoms with Crippen LogP contribution in [0.15, 0.2) is 52.4 Å². The number of ether oxygens (including phenoxy) is 2. The minimum absolute atomic E-state index is 0.110. The average molecular weight is 520 g/mol. The van der Waals surface area contributed by atoms with Gasteiger partial charge in [-0.1, -0.05) is 31.3 Å². The molecule has 0 atom stereocenters. The maximum Gasteiger partial charge on any atom is 0.326 e. The zero-order valence-electron chi connectivity index (χ0n) is 20.2. The highest BCUT2D eigenvalue weighted by atomic mass is 32.2. The van der Waals surface area contributed by atoms with E-state index < -0.39 is 21.9 Å². The summed E-state index contributed by atoms with van der Waals surface area (Å²) in [5, 5.41) is 0. The molecule has 35 heavy (non-hydrogen) atoms. The normalized spacial score (nSPS) is 12.3. The van der Waals surface area contributed by atoms with Crippen molar-refractivity contribution in [1.29, 1.82) is 0 Å². The summed E-state index contributed by atoms with van der Waals surface area (Å²) in [5.74, 6) is -0.442. The van der Waals surface area contributed by atoms with E-state index in [0.717, 1.165) is 4.70 Å². The third-order valence-electron chi connectivity index (χ3n) is 5.20. The number of aromatic nitrogens is 1. The van der Waals surface area contributed by atoms with E-state index in [9.17, 15) is 18.0 Å². The lowest BCUT2D eigenvalue weighted by atomic mass is 10.2. The number of fused-ring (bicyclic) bond motifs is 1. The van der Waals surface area contributed by atoms with Gasteiger partial charge in [0.1, 0.15) is 17.8 Å². The van der Waals surface area contributed by atoms with E-state index in [1.54, 1.807) is 31.4 Å². The highest BCUT2D eigenvalue weighted by Gasteiger charge is 2.22. The van der Waals surface area contributed by atoms with Crippen LogP contribution in [0.2, 0.25) is 0 Å². The molecule has 0 bridgehead atoms. The number of carbonyl (C=O) groups excluding carboxylic acids is 2. The van der Waals surface area contributed by atoms with Gasteiger partial charge >= 0.3 is 5.97 Å². The van der Waals surface area contributed by atoms with Crippen molar-refractivity contribution in [2.45, 2.75) is 39.1 Å². The molecule has 0 saturated carbocycles. The first-order chi connectivity index (χ1) is 16.8. The summed E-state index contributed by atoms with van der Waals surface area (Å²) in [6.07, 6.45) is 0. The number of sulfonamides is 1. The molecule has 0 radical (unpaired) electrons. The van der Waals surface area contributed by atoms with Crippen LogP contribution in [0, 0.1) is 0 Å². The van der Waals surface area contributed by atoms with Gasteiger partial charge in [0.15, 0.2) is 4.80 Å². The number of hydrogen-bond acceptors (Lipinski definition) is 7. The number of amides is 1. The van der Waals surface area contributed by atoms with Crippen LogP contribution in [0.1, 0.15) is 38.1 Å².